The Kier molecular flexibility index (Phi) is 6.33. The molecule has 2 saturated heterocycles. The van der Waals surface area contributed by atoms with E-state index in [-0.39, 0.29) is 35.9 Å². The summed E-state index contributed by atoms with van der Waals surface area (Å²) in [7, 11) is 0. The molecule has 2 fully saturated rings. The molecule has 9 nitrogen and oxygen atoms in total. The SMILES string of the molecule is NC(=O)CN1CCCC(C(=O)N2CCCN(C(=O)c3[nH]ncc3Cl)CC2)C1. The first-order chi connectivity index (χ1) is 13.0. The van der Waals surface area contributed by atoms with Gasteiger partial charge in [-0.15, -0.1) is 0 Å². The highest BCUT2D eigenvalue weighted by Crippen LogP contribution is 2.20. The average Bonchev–Trinajstić information content (AvgIpc) is 2.92. The van der Waals surface area contributed by atoms with Crippen LogP contribution >= 0.6 is 11.6 Å². The third-order valence-corrected chi connectivity index (χ3v) is 5.42. The molecule has 1 unspecified atom stereocenters. The third-order valence-electron chi connectivity index (χ3n) is 5.14. The summed E-state index contributed by atoms with van der Waals surface area (Å²) in [5.41, 5.74) is 5.56. The highest BCUT2D eigenvalue weighted by Gasteiger charge is 2.31. The molecule has 0 radical (unpaired) electrons. The quantitative estimate of drug-likeness (QED) is 0.739. The normalized spacial score (nSPS) is 21.7. The second kappa shape index (κ2) is 8.71. The number of nitrogens with one attached hydrogen (secondary N) is 1. The first kappa shape index (κ1) is 19.6. The minimum absolute atomic E-state index is 0.0954. The molecule has 1 atom stereocenters. The summed E-state index contributed by atoms with van der Waals surface area (Å²) in [5.74, 6) is -0.595. The standard InChI is InChI=1S/C17H25ClN6O3/c18-13-9-20-21-15(13)17(27)24-6-2-5-23(7-8-24)16(26)12-3-1-4-22(10-12)11-14(19)25/h9,12H,1-8,10-11H2,(H2,19,25)(H,20,21). The van der Waals surface area contributed by atoms with Crippen molar-refractivity contribution in [1.82, 2.24) is 24.9 Å². The second-order valence-electron chi connectivity index (χ2n) is 7.10. The van der Waals surface area contributed by atoms with Crippen molar-refractivity contribution < 1.29 is 14.4 Å². The summed E-state index contributed by atoms with van der Waals surface area (Å²) in [4.78, 5) is 42.1. The molecule has 3 amide bonds. The number of halogens is 1. The van der Waals surface area contributed by atoms with Gasteiger partial charge in [-0.3, -0.25) is 24.4 Å². The van der Waals surface area contributed by atoms with E-state index in [0.717, 1.165) is 19.4 Å². The fraction of sp³-hybridized carbons (Fsp3) is 0.647. The van der Waals surface area contributed by atoms with Crippen molar-refractivity contribution >= 4 is 29.3 Å². The number of nitrogens with two attached hydrogens (primary N) is 1. The number of carbonyl (C=O) groups excluding carboxylic acids is 3. The van der Waals surface area contributed by atoms with Gasteiger partial charge >= 0.3 is 0 Å². The van der Waals surface area contributed by atoms with Crippen molar-refractivity contribution in [1.29, 1.82) is 0 Å². The van der Waals surface area contributed by atoms with Crippen LogP contribution in [0, 0.1) is 5.92 Å². The van der Waals surface area contributed by atoms with Gasteiger partial charge in [0.25, 0.3) is 5.91 Å². The minimum Gasteiger partial charge on any atom is -0.369 e. The van der Waals surface area contributed by atoms with E-state index in [2.05, 4.69) is 10.2 Å². The van der Waals surface area contributed by atoms with Crippen LogP contribution in [0.5, 0.6) is 0 Å². The molecule has 0 spiro atoms. The number of amides is 3. The third kappa shape index (κ3) is 4.78. The Balaban J connectivity index is 1.57. The van der Waals surface area contributed by atoms with Gasteiger partial charge in [0.1, 0.15) is 5.69 Å². The molecule has 1 aromatic rings. The number of likely N-dealkylation sites (tertiary alicyclic amines) is 1. The number of hydrogen-bond acceptors (Lipinski definition) is 5. The number of H-pyrrole nitrogens is 1. The molecule has 148 valence electrons. The van der Waals surface area contributed by atoms with Gasteiger partial charge in [0.15, 0.2) is 0 Å². The topological polar surface area (TPSA) is 116 Å². The maximum atomic E-state index is 12.9. The lowest BCUT2D eigenvalue weighted by Crippen LogP contribution is -2.47. The van der Waals surface area contributed by atoms with Crippen LogP contribution in [0.15, 0.2) is 6.20 Å². The van der Waals surface area contributed by atoms with Crippen molar-refractivity contribution in [2.24, 2.45) is 11.7 Å². The van der Waals surface area contributed by atoms with E-state index in [1.54, 1.807) is 4.90 Å². The second-order valence-corrected chi connectivity index (χ2v) is 7.51. The average molecular weight is 397 g/mol. The van der Waals surface area contributed by atoms with Gasteiger partial charge in [0, 0.05) is 32.7 Å². The lowest BCUT2D eigenvalue weighted by atomic mass is 9.96. The Morgan fingerprint density at radius 3 is 2.59 bits per heavy atom. The van der Waals surface area contributed by atoms with Crippen molar-refractivity contribution in [3.8, 4) is 0 Å². The predicted molar refractivity (Wildman–Crippen MR) is 99.1 cm³/mol. The Morgan fingerprint density at radius 1 is 1.15 bits per heavy atom. The number of rotatable bonds is 4. The Bertz CT molecular complexity index is 709. The molecular weight excluding hydrogens is 372 g/mol. The van der Waals surface area contributed by atoms with Crippen molar-refractivity contribution in [3.63, 3.8) is 0 Å². The molecule has 0 aliphatic carbocycles. The lowest BCUT2D eigenvalue weighted by Gasteiger charge is -2.34. The lowest BCUT2D eigenvalue weighted by molar-refractivity contribution is -0.137. The van der Waals surface area contributed by atoms with Crippen LogP contribution in [0.1, 0.15) is 29.8 Å². The Labute approximate surface area is 162 Å². The fourth-order valence-corrected chi connectivity index (χ4v) is 3.97. The van der Waals surface area contributed by atoms with E-state index in [4.69, 9.17) is 17.3 Å². The van der Waals surface area contributed by atoms with Gasteiger partial charge in [-0.05, 0) is 25.8 Å². The van der Waals surface area contributed by atoms with Crippen LogP contribution in [-0.4, -0.2) is 88.4 Å². The zero-order valence-electron chi connectivity index (χ0n) is 15.2. The molecule has 3 N–H and O–H groups in total. The summed E-state index contributed by atoms with van der Waals surface area (Å²) >= 11 is 5.98. The van der Waals surface area contributed by atoms with Crippen LogP contribution in [-0.2, 0) is 9.59 Å². The van der Waals surface area contributed by atoms with Crippen LogP contribution in [0.3, 0.4) is 0 Å². The zero-order valence-corrected chi connectivity index (χ0v) is 16.0. The first-order valence-corrected chi connectivity index (χ1v) is 9.61. The van der Waals surface area contributed by atoms with Crippen LogP contribution in [0.2, 0.25) is 5.02 Å². The number of piperidine rings is 1. The van der Waals surface area contributed by atoms with Crippen molar-refractivity contribution in [3.05, 3.63) is 16.9 Å². The summed E-state index contributed by atoms with van der Waals surface area (Å²) < 4.78 is 0. The van der Waals surface area contributed by atoms with E-state index in [1.807, 2.05) is 9.80 Å². The zero-order chi connectivity index (χ0) is 19.4. The molecule has 10 heteroatoms. The van der Waals surface area contributed by atoms with Crippen LogP contribution in [0.4, 0.5) is 0 Å². The number of carbonyl (C=O) groups is 3. The predicted octanol–water partition coefficient (Wildman–Crippen LogP) is -0.0651. The maximum Gasteiger partial charge on any atom is 0.273 e. The maximum absolute atomic E-state index is 12.9. The number of nitrogens with zero attached hydrogens (tertiary/aromatic N) is 4. The first-order valence-electron chi connectivity index (χ1n) is 9.23. The van der Waals surface area contributed by atoms with Crippen molar-refractivity contribution in [2.75, 3.05) is 45.8 Å². The number of aromatic amines is 1. The molecule has 27 heavy (non-hydrogen) atoms. The Morgan fingerprint density at radius 2 is 1.89 bits per heavy atom. The molecule has 0 saturated carbocycles. The number of hydrogen-bond donors (Lipinski definition) is 2. The summed E-state index contributed by atoms with van der Waals surface area (Å²) in [6, 6.07) is 0. The molecule has 3 rings (SSSR count). The fourth-order valence-electron chi connectivity index (χ4n) is 3.80. The van der Waals surface area contributed by atoms with E-state index in [0.29, 0.717) is 44.2 Å². The molecule has 0 bridgehead atoms. The van der Waals surface area contributed by atoms with Gasteiger partial charge in [-0.1, -0.05) is 11.6 Å². The van der Waals surface area contributed by atoms with E-state index < -0.39 is 0 Å². The van der Waals surface area contributed by atoms with Gasteiger partial charge in [0.05, 0.1) is 23.7 Å². The van der Waals surface area contributed by atoms with Gasteiger partial charge in [0.2, 0.25) is 11.8 Å². The van der Waals surface area contributed by atoms with Crippen LogP contribution < -0.4 is 5.73 Å². The van der Waals surface area contributed by atoms with E-state index in [1.165, 1.54) is 6.20 Å². The highest BCUT2D eigenvalue weighted by molar-refractivity contribution is 6.33. The molecule has 0 aromatic carbocycles. The number of primary amides is 1. The molecule has 1 aromatic heterocycles. The van der Waals surface area contributed by atoms with Gasteiger partial charge in [-0.25, -0.2) is 0 Å². The number of aromatic nitrogens is 2. The van der Waals surface area contributed by atoms with Crippen molar-refractivity contribution in [2.45, 2.75) is 19.3 Å². The largest absolute Gasteiger partial charge is 0.369 e. The monoisotopic (exact) mass is 396 g/mol. The van der Waals surface area contributed by atoms with E-state index >= 15 is 0 Å². The van der Waals surface area contributed by atoms with Gasteiger partial charge in [-0.2, -0.15) is 5.10 Å². The summed E-state index contributed by atoms with van der Waals surface area (Å²) in [6.07, 6.45) is 3.81. The summed E-state index contributed by atoms with van der Waals surface area (Å²) in [5, 5.41) is 6.72. The molecule has 3 heterocycles. The molecule has 2 aliphatic rings. The van der Waals surface area contributed by atoms with Gasteiger partial charge < -0.3 is 15.5 Å². The van der Waals surface area contributed by atoms with Crippen LogP contribution in [0.25, 0.3) is 0 Å². The Hall–Kier alpha value is -2.13. The highest BCUT2D eigenvalue weighted by atomic mass is 35.5. The smallest absolute Gasteiger partial charge is 0.273 e. The molecular formula is C17H25ClN6O3. The van der Waals surface area contributed by atoms with E-state index in [9.17, 15) is 14.4 Å². The minimum atomic E-state index is -0.371. The molecule has 2 aliphatic heterocycles. The summed E-state index contributed by atoms with van der Waals surface area (Å²) in [6.45, 7) is 3.67.